The van der Waals surface area contributed by atoms with Gasteiger partial charge in [-0.15, -0.1) is 0 Å². The molecule has 0 spiro atoms. The van der Waals surface area contributed by atoms with E-state index in [1.165, 1.54) is 6.07 Å². The van der Waals surface area contributed by atoms with Crippen molar-refractivity contribution in [3.05, 3.63) is 270 Å². The number of hydrogen-bond donors (Lipinski definition) is 0. The van der Waals surface area contributed by atoms with Gasteiger partial charge in [0.15, 0.2) is 0 Å². The van der Waals surface area contributed by atoms with Gasteiger partial charge in [0.2, 0.25) is 0 Å². The normalized spacial score (nSPS) is 18.3. The van der Waals surface area contributed by atoms with E-state index in [1.807, 2.05) is 84.9 Å². The second-order valence-electron chi connectivity index (χ2n) is 15.8. The van der Waals surface area contributed by atoms with Crippen molar-refractivity contribution in [3.8, 4) is 44.5 Å². The summed E-state index contributed by atoms with van der Waals surface area (Å²) in [6.07, 6.45) is 0. The van der Waals surface area contributed by atoms with E-state index in [9.17, 15) is 9.60 Å². The number of para-hydroxylation sites is 1. The van der Waals surface area contributed by atoms with Crippen LogP contribution in [0.4, 0.5) is 17.1 Å². The van der Waals surface area contributed by atoms with Crippen molar-refractivity contribution in [3.63, 3.8) is 0 Å². The third-order valence-electron chi connectivity index (χ3n) is 12.6. The summed E-state index contributed by atoms with van der Waals surface area (Å²) in [4.78, 5) is 1.03. The summed E-state index contributed by atoms with van der Waals surface area (Å²) >= 11 is 0. The van der Waals surface area contributed by atoms with E-state index in [1.54, 1.807) is 18.2 Å². The van der Waals surface area contributed by atoms with Crippen LogP contribution >= 0.6 is 0 Å². The molecule has 1 nitrogen and oxygen atoms in total. The lowest BCUT2D eigenvalue weighted by Gasteiger charge is -2.34. The van der Waals surface area contributed by atoms with Crippen LogP contribution in [0.15, 0.2) is 236 Å². The smallest absolute Gasteiger partial charge is 0.0713 e. The first kappa shape index (κ1) is 22.9. The maximum absolute atomic E-state index is 9.77. The van der Waals surface area contributed by atoms with E-state index in [0.717, 1.165) is 60.2 Å². The molecule has 0 aromatic heterocycles. The lowest BCUT2D eigenvalue weighted by atomic mass is 9.67. The van der Waals surface area contributed by atoms with E-state index >= 15 is 0 Å². The van der Waals surface area contributed by atoms with Crippen LogP contribution in [0.1, 0.15) is 71.8 Å². The molecular formula is C62H45N. The van der Waals surface area contributed by atoms with Crippen LogP contribution < -0.4 is 4.90 Å². The zero-order valence-corrected chi connectivity index (χ0v) is 33.5. The highest BCUT2D eigenvalue weighted by Gasteiger charge is 2.46. The molecule has 0 bridgehead atoms. The van der Waals surface area contributed by atoms with Crippen molar-refractivity contribution in [1.29, 1.82) is 0 Å². The zero-order chi connectivity index (χ0) is 57.6. The molecule has 0 unspecified atom stereocenters. The standard InChI is InChI=1S/C62H45N/c1-61(2)54-32-16-15-31-53(54)60-56(61)34-19-35-58(60)63(47-26-10-5-11-27-47)48-28-18-21-43(40-48)50-38-36-42-20-12-13-29-49(42)59(50)44-37-39-52-51-30-14-17-33-55(51)62(57(52)41-44,45-22-6-3-7-23-45)46-24-8-4-9-25-46/h3-41H,1-2H3/i1D3,2D3,5D,10D,11D,15D,16D,19D,26D,27D,31D,32D,34D,35D. The monoisotopic (exact) mass is 821 g/mol. The fraction of sp³-hybridized carbons (Fsp3) is 0.0645. The lowest BCUT2D eigenvalue weighted by molar-refractivity contribution is 0.660. The molecule has 0 radical (unpaired) electrons. The number of nitrogens with zero attached hydrogens (tertiary/aromatic N) is 1. The van der Waals surface area contributed by atoms with Crippen LogP contribution in [0.2, 0.25) is 0 Å². The van der Waals surface area contributed by atoms with Gasteiger partial charge in [0.05, 0.1) is 27.6 Å². The predicted octanol–water partition coefficient (Wildman–Crippen LogP) is 16.3. The molecule has 298 valence electrons. The number of hydrogen-bond acceptors (Lipinski definition) is 1. The molecule has 10 aromatic rings. The van der Waals surface area contributed by atoms with Crippen molar-refractivity contribution >= 4 is 27.8 Å². The molecular weight excluding hydrogens is 759 g/mol. The number of rotatable bonds is 7. The summed E-state index contributed by atoms with van der Waals surface area (Å²) in [7, 11) is 0. The van der Waals surface area contributed by atoms with Crippen LogP contribution in [0.5, 0.6) is 0 Å². The highest BCUT2D eigenvalue weighted by molar-refractivity contribution is 6.05. The molecule has 0 saturated heterocycles. The molecule has 12 rings (SSSR count). The first-order chi connectivity index (χ1) is 38.5. The highest BCUT2D eigenvalue weighted by Crippen LogP contribution is 2.58. The Labute approximate surface area is 395 Å². The number of fused-ring (bicyclic) bond motifs is 7. The van der Waals surface area contributed by atoms with Gasteiger partial charge in [-0.25, -0.2) is 0 Å². The quantitative estimate of drug-likeness (QED) is 0.155. The summed E-state index contributed by atoms with van der Waals surface area (Å²) in [5.74, 6) is 0. The Morgan fingerprint density at radius 2 is 1.10 bits per heavy atom. The molecule has 2 aliphatic carbocycles. The molecule has 0 saturated carbocycles. The van der Waals surface area contributed by atoms with Gasteiger partial charge in [0.1, 0.15) is 0 Å². The molecule has 0 fully saturated rings. The van der Waals surface area contributed by atoms with Crippen LogP contribution in [-0.2, 0) is 10.8 Å². The van der Waals surface area contributed by atoms with Crippen LogP contribution in [0.3, 0.4) is 0 Å². The predicted molar refractivity (Wildman–Crippen MR) is 264 cm³/mol. The molecule has 1 heteroatoms. The SMILES string of the molecule is [2H]c1c([2H])c([2H])c(N(c2cccc(-c3ccc4ccccc4c3-c3ccc4c(c3)C(c3ccccc3)(c3ccccc3)c3ccccc3-4)c2)c2c([2H])c([2H])c([2H])c3c2-c2c([2H])c([2H])c([2H])c([2H])c2C3(C([2H])([2H])[2H])C([2H])([2H])[2H])c([2H])c1[2H]. The van der Waals surface area contributed by atoms with Crippen LogP contribution in [0.25, 0.3) is 55.3 Å². The number of anilines is 3. The third-order valence-corrected chi connectivity index (χ3v) is 12.6. The van der Waals surface area contributed by atoms with Gasteiger partial charge in [0.25, 0.3) is 0 Å². The topological polar surface area (TPSA) is 3.24 Å². The minimum absolute atomic E-state index is 0.0443. The van der Waals surface area contributed by atoms with E-state index in [4.69, 9.17) is 15.1 Å². The van der Waals surface area contributed by atoms with Gasteiger partial charge in [0, 0.05) is 30.6 Å². The molecule has 0 N–H and O–H groups in total. The van der Waals surface area contributed by atoms with E-state index in [0.29, 0.717) is 11.1 Å². The Bertz CT molecular complexity index is 4220. The Balaban J connectivity index is 1.18. The molecule has 0 heterocycles. The third kappa shape index (κ3) is 5.56. The van der Waals surface area contributed by atoms with Crippen molar-refractivity contribution in [2.45, 2.75) is 24.5 Å². The summed E-state index contributed by atoms with van der Waals surface area (Å²) in [6.45, 7) is -7.45. The van der Waals surface area contributed by atoms with Crippen molar-refractivity contribution in [2.75, 3.05) is 4.90 Å². The molecule has 2 aliphatic rings. The fourth-order valence-corrected chi connectivity index (χ4v) is 9.96. The molecule has 63 heavy (non-hydrogen) atoms. The average Bonchev–Trinajstić information content (AvgIpc) is 1.71. The summed E-state index contributed by atoms with van der Waals surface area (Å²) in [6, 6.07) is 42.9. The number of benzene rings is 10. The average molecular weight is 822 g/mol. The highest BCUT2D eigenvalue weighted by atomic mass is 15.1. The maximum atomic E-state index is 9.77. The van der Waals surface area contributed by atoms with E-state index in [2.05, 4.69) is 54.6 Å². The molecule has 0 aliphatic heterocycles. The Hall–Kier alpha value is -7.74. The minimum atomic E-state index is -3.73. The Kier molecular flexibility index (Phi) is 5.25. The molecule has 0 amide bonds. The Morgan fingerprint density at radius 1 is 0.413 bits per heavy atom. The van der Waals surface area contributed by atoms with Crippen molar-refractivity contribution in [2.24, 2.45) is 0 Å². The van der Waals surface area contributed by atoms with Gasteiger partial charge < -0.3 is 4.90 Å². The molecule has 10 aromatic carbocycles. The van der Waals surface area contributed by atoms with Gasteiger partial charge in [-0.2, -0.15) is 0 Å². The second-order valence-corrected chi connectivity index (χ2v) is 15.8. The summed E-state index contributed by atoms with van der Waals surface area (Å²) in [5, 5.41) is 1.76. The van der Waals surface area contributed by atoms with Crippen LogP contribution in [-0.4, -0.2) is 0 Å². The van der Waals surface area contributed by atoms with Crippen molar-refractivity contribution < 1.29 is 24.7 Å². The first-order valence-electron chi connectivity index (χ1n) is 29.6. The fourth-order valence-electron chi connectivity index (χ4n) is 9.96. The zero-order valence-electron chi connectivity index (χ0n) is 51.5. The van der Waals surface area contributed by atoms with E-state index < -0.39 is 131 Å². The first-order valence-corrected chi connectivity index (χ1v) is 20.6. The van der Waals surface area contributed by atoms with Crippen molar-refractivity contribution in [1.82, 2.24) is 0 Å². The van der Waals surface area contributed by atoms with Gasteiger partial charge in [-0.1, -0.05) is 214 Å². The van der Waals surface area contributed by atoms with Crippen LogP contribution in [0, 0.1) is 0 Å². The minimum Gasteiger partial charge on any atom is -0.310 e. The molecule has 0 atom stereocenters. The van der Waals surface area contributed by atoms with Gasteiger partial charge >= 0.3 is 0 Å². The largest absolute Gasteiger partial charge is 0.310 e. The maximum Gasteiger partial charge on any atom is 0.0713 e. The lowest BCUT2D eigenvalue weighted by Crippen LogP contribution is -2.28. The Morgan fingerprint density at radius 3 is 1.90 bits per heavy atom. The summed E-state index contributed by atoms with van der Waals surface area (Å²) in [5.41, 5.74) is 0.427. The van der Waals surface area contributed by atoms with E-state index in [-0.39, 0.29) is 5.69 Å². The van der Waals surface area contributed by atoms with Gasteiger partial charge in [-0.3, -0.25) is 0 Å². The van der Waals surface area contributed by atoms with Gasteiger partial charge in [-0.05, 0) is 119 Å². The second kappa shape index (κ2) is 14.4. The summed E-state index contributed by atoms with van der Waals surface area (Å²) < 4.78 is 164.